The van der Waals surface area contributed by atoms with E-state index in [1.54, 1.807) is 24.3 Å². The second-order valence-electron chi connectivity index (χ2n) is 7.11. The largest absolute Gasteiger partial charge is 0.497 e. The summed E-state index contributed by atoms with van der Waals surface area (Å²) in [5, 5.41) is 11.3. The van der Waals surface area contributed by atoms with Crippen LogP contribution in [0.3, 0.4) is 0 Å². The van der Waals surface area contributed by atoms with Gasteiger partial charge in [-0.05, 0) is 42.5 Å². The van der Waals surface area contributed by atoms with E-state index >= 15 is 0 Å². The minimum Gasteiger partial charge on any atom is -0.497 e. The molecule has 2 aromatic heterocycles. The summed E-state index contributed by atoms with van der Waals surface area (Å²) in [5.74, 6) is -1.58. The Balaban J connectivity index is 1.83. The molecule has 2 aromatic carbocycles. The number of benzene rings is 2. The van der Waals surface area contributed by atoms with Gasteiger partial charge in [-0.3, -0.25) is 4.79 Å². The second-order valence-corrected chi connectivity index (χ2v) is 8.11. The van der Waals surface area contributed by atoms with Crippen LogP contribution in [0.5, 0.6) is 5.75 Å². The molecular weight excluding hydrogens is 471 g/mol. The molecule has 0 bridgehead atoms. The van der Waals surface area contributed by atoms with Crippen LogP contribution in [0, 0.1) is 0 Å². The molecule has 4 aromatic rings. The first-order chi connectivity index (χ1) is 16.1. The standard InChI is InChI=1S/C23H16F3N3O4S/c1-33-12-8-6-11(7-9-12)16-10-14(23(24,25)26)17-18(27)19(34-21(17)29-16)20(30)28-15-5-3-2-4-13(15)22(31)32/h2-10H,27H2,1H3,(H,28,30)(H,31,32). The predicted molar refractivity (Wildman–Crippen MR) is 122 cm³/mol. The summed E-state index contributed by atoms with van der Waals surface area (Å²) in [4.78, 5) is 28.3. The fourth-order valence-electron chi connectivity index (χ4n) is 3.38. The van der Waals surface area contributed by atoms with Crippen LogP contribution in [0.4, 0.5) is 24.5 Å². The monoisotopic (exact) mass is 487 g/mol. The molecule has 0 saturated heterocycles. The van der Waals surface area contributed by atoms with Crippen molar-refractivity contribution in [2.24, 2.45) is 0 Å². The van der Waals surface area contributed by atoms with Gasteiger partial charge in [-0.2, -0.15) is 13.2 Å². The number of methoxy groups -OCH3 is 1. The van der Waals surface area contributed by atoms with E-state index in [1.807, 2.05) is 0 Å². The number of ether oxygens (including phenoxy) is 1. The lowest BCUT2D eigenvalue weighted by Crippen LogP contribution is -2.15. The number of amides is 1. The Hall–Kier alpha value is -4.12. The molecule has 0 unspecified atom stereocenters. The summed E-state index contributed by atoms with van der Waals surface area (Å²) in [7, 11) is 1.47. The lowest BCUT2D eigenvalue weighted by atomic mass is 10.1. The topological polar surface area (TPSA) is 115 Å². The van der Waals surface area contributed by atoms with E-state index in [0.29, 0.717) is 22.6 Å². The van der Waals surface area contributed by atoms with Gasteiger partial charge in [-0.1, -0.05) is 12.1 Å². The van der Waals surface area contributed by atoms with Gasteiger partial charge in [0.1, 0.15) is 15.5 Å². The van der Waals surface area contributed by atoms with Crippen molar-refractivity contribution in [3.63, 3.8) is 0 Å². The van der Waals surface area contributed by atoms with Crippen molar-refractivity contribution >= 4 is 44.8 Å². The zero-order valence-corrected chi connectivity index (χ0v) is 18.3. The molecule has 0 radical (unpaired) electrons. The summed E-state index contributed by atoms with van der Waals surface area (Å²) in [5.41, 5.74) is 4.86. The average molecular weight is 487 g/mol. The second kappa shape index (κ2) is 8.67. The number of aromatic carboxylic acids is 1. The predicted octanol–water partition coefficient (Wildman–Crippen LogP) is 5.52. The van der Waals surface area contributed by atoms with Gasteiger partial charge in [0.25, 0.3) is 5.91 Å². The van der Waals surface area contributed by atoms with Crippen LogP contribution in [-0.4, -0.2) is 29.1 Å². The Kier molecular flexibility index (Phi) is 5.88. The first-order valence-corrected chi connectivity index (χ1v) is 10.5. The normalized spacial score (nSPS) is 11.4. The van der Waals surface area contributed by atoms with Crippen LogP contribution in [0.15, 0.2) is 54.6 Å². The molecule has 0 spiro atoms. The van der Waals surface area contributed by atoms with Gasteiger partial charge in [0.05, 0.1) is 35.3 Å². The van der Waals surface area contributed by atoms with Crippen molar-refractivity contribution in [2.75, 3.05) is 18.2 Å². The van der Waals surface area contributed by atoms with Crippen LogP contribution in [-0.2, 0) is 6.18 Å². The van der Waals surface area contributed by atoms with E-state index in [1.165, 1.54) is 31.4 Å². The average Bonchev–Trinajstić information content (AvgIpc) is 3.14. The highest BCUT2D eigenvalue weighted by Crippen LogP contribution is 2.43. The van der Waals surface area contributed by atoms with Crippen molar-refractivity contribution in [3.05, 3.63) is 70.6 Å². The summed E-state index contributed by atoms with van der Waals surface area (Å²) in [6.07, 6.45) is -4.76. The fourth-order valence-corrected chi connectivity index (χ4v) is 4.40. The van der Waals surface area contributed by atoms with Crippen LogP contribution in [0.2, 0.25) is 0 Å². The quantitative estimate of drug-likeness (QED) is 0.341. The number of carbonyl (C=O) groups excluding carboxylic acids is 1. The Morgan fingerprint density at radius 3 is 2.41 bits per heavy atom. The number of halogens is 3. The van der Waals surface area contributed by atoms with Crippen LogP contribution < -0.4 is 15.8 Å². The minimum atomic E-state index is -4.76. The Labute approximate surface area is 194 Å². The van der Waals surface area contributed by atoms with Crippen molar-refractivity contribution in [1.82, 2.24) is 4.98 Å². The molecule has 0 aliphatic rings. The molecule has 174 valence electrons. The van der Waals surface area contributed by atoms with Crippen LogP contribution in [0.25, 0.3) is 21.5 Å². The van der Waals surface area contributed by atoms with Crippen molar-refractivity contribution < 1.29 is 32.6 Å². The third kappa shape index (κ3) is 4.25. The highest BCUT2D eigenvalue weighted by molar-refractivity contribution is 7.21. The molecule has 0 atom stereocenters. The lowest BCUT2D eigenvalue weighted by molar-refractivity contribution is -0.136. The van der Waals surface area contributed by atoms with Crippen LogP contribution >= 0.6 is 11.3 Å². The number of nitrogen functional groups attached to an aromatic ring is 1. The molecule has 7 nitrogen and oxygen atoms in total. The zero-order chi connectivity index (χ0) is 24.6. The first-order valence-electron chi connectivity index (χ1n) is 9.68. The van der Waals surface area contributed by atoms with E-state index in [-0.39, 0.29) is 37.7 Å². The number of hydrogen-bond acceptors (Lipinski definition) is 6. The van der Waals surface area contributed by atoms with E-state index in [0.717, 1.165) is 6.07 Å². The third-order valence-corrected chi connectivity index (χ3v) is 6.10. The van der Waals surface area contributed by atoms with E-state index in [9.17, 15) is 27.9 Å². The van der Waals surface area contributed by atoms with Crippen molar-refractivity contribution in [1.29, 1.82) is 0 Å². The summed E-state index contributed by atoms with van der Waals surface area (Å²) in [6.45, 7) is 0. The number of thiophene rings is 1. The van der Waals surface area contributed by atoms with Crippen LogP contribution in [0.1, 0.15) is 25.6 Å². The molecule has 4 rings (SSSR count). The number of rotatable bonds is 5. The van der Waals surface area contributed by atoms with Crippen molar-refractivity contribution in [2.45, 2.75) is 6.18 Å². The Morgan fingerprint density at radius 1 is 1.12 bits per heavy atom. The molecule has 11 heteroatoms. The minimum absolute atomic E-state index is 0.0141. The Morgan fingerprint density at radius 2 is 1.79 bits per heavy atom. The number of anilines is 2. The van der Waals surface area contributed by atoms with Gasteiger partial charge >= 0.3 is 12.1 Å². The summed E-state index contributed by atoms with van der Waals surface area (Å²) < 4.78 is 46.9. The third-order valence-electron chi connectivity index (χ3n) is 5.00. The summed E-state index contributed by atoms with van der Waals surface area (Å²) >= 11 is 0.692. The smallest absolute Gasteiger partial charge is 0.417 e. The lowest BCUT2D eigenvalue weighted by Gasteiger charge is -2.11. The molecule has 1 amide bonds. The number of aromatic nitrogens is 1. The van der Waals surface area contributed by atoms with Gasteiger partial charge < -0.3 is 20.9 Å². The number of pyridine rings is 1. The highest BCUT2D eigenvalue weighted by atomic mass is 32.1. The maximum absolute atomic E-state index is 13.9. The number of carbonyl (C=O) groups is 2. The molecule has 0 aliphatic carbocycles. The molecule has 4 N–H and O–H groups in total. The molecule has 34 heavy (non-hydrogen) atoms. The molecular formula is C23H16F3N3O4S. The van der Waals surface area contributed by atoms with Gasteiger partial charge in [-0.25, -0.2) is 9.78 Å². The number of nitrogens with one attached hydrogen (secondary N) is 1. The number of nitrogens with two attached hydrogens (primary N) is 1. The summed E-state index contributed by atoms with van der Waals surface area (Å²) in [6, 6.07) is 12.9. The maximum atomic E-state index is 13.9. The molecule has 0 aliphatic heterocycles. The van der Waals surface area contributed by atoms with E-state index in [2.05, 4.69) is 10.3 Å². The molecule has 0 saturated carbocycles. The Bertz CT molecular complexity index is 1420. The van der Waals surface area contributed by atoms with Gasteiger partial charge in [0.15, 0.2) is 0 Å². The number of nitrogens with zero attached hydrogens (tertiary/aromatic N) is 1. The number of carboxylic acid groups (broad SMARTS) is 1. The van der Waals surface area contributed by atoms with Gasteiger partial charge in [-0.15, -0.1) is 11.3 Å². The number of carboxylic acids is 1. The first kappa shape index (κ1) is 23.1. The van der Waals surface area contributed by atoms with E-state index < -0.39 is 23.6 Å². The maximum Gasteiger partial charge on any atom is 0.417 e. The SMILES string of the molecule is COc1ccc(-c2cc(C(F)(F)F)c3c(N)c(C(=O)Nc4ccccc4C(=O)O)sc3n2)cc1. The molecule has 2 heterocycles. The number of alkyl halides is 3. The number of fused-ring (bicyclic) bond motifs is 1. The van der Waals surface area contributed by atoms with Gasteiger partial charge in [0, 0.05) is 10.9 Å². The zero-order valence-electron chi connectivity index (χ0n) is 17.4. The highest BCUT2D eigenvalue weighted by Gasteiger charge is 2.36. The number of hydrogen-bond donors (Lipinski definition) is 3. The molecule has 0 fully saturated rings. The number of para-hydroxylation sites is 1. The fraction of sp³-hybridized carbons (Fsp3) is 0.0870. The van der Waals surface area contributed by atoms with E-state index in [4.69, 9.17) is 10.5 Å². The van der Waals surface area contributed by atoms with Crippen molar-refractivity contribution in [3.8, 4) is 17.0 Å². The van der Waals surface area contributed by atoms with Gasteiger partial charge in [0.2, 0.25) is 0 Å².